The van der Waals surface area contributed by atoms with E-state index in [1.54, 1.807) is 0 Å². The Morgan fingerprint density at radius 1 is 1.33 bits per heavy atom. The monoisotopic (exact) mass is 159 g/mol. The molecule has 0 unspecified atom stereocenters. The summed E-state index contributed by atoms with van der Waals surface area (Å²) in [5, 5.41) is 0. The van der Waals surface area contributed by atoms with Gasteiger partial charge < -0.3 is 0 Å². The van der Waals surface area contributed by atoms with E-state index in [4.69, 9.17) is 7.85 Å². The van der Waals surface area contributed by atoms with Crippen LogP contribution < -0.4 is 5.59 Å². The van der Waals surface area contributed by atoms with Crippen LogP contribution in [0.25, 0.3) is 0 Å². The maximum atomic E-state index is 5.48. The third-order valence-electron chi connectivity index (χ3n) is 1.58. The van der Waals surface area contributed by atoms with Gasteiger partial charge in [-0.2, -0.15) is 0 Å². The zero-order valence-electron chi connectivity index (χ0n) is 7.96. The number of nitrogens with zero attached hydrogens (tertiary/aromatic N) is 1. The number of hydrogen-bond donors (Lipinski definition) is 0. The molecule has 0 bridgehead atoms. The second kappa shape index (κ2) is 3.30. The Morgan fingerprint density at radius 2 is 2.00 bits per heavy atom. The molecule has 12 heavy (non-hydrogen) atoms. The van der Waals surface area contributed by atoms with Gasteiger partial charge in [0, 0.05) is 6.20 Å². The highest BCUT2D eigenvalue weighted by atomic mass is 14.6. The minimum atomic E-state index is 0.317. The van der Waals surface area contributed by atoms with Gasteiger partial charge in [0.05, 0.1) is 0 Å². The molecule has 0 aromatic carbocycles. The van der Waals surface area contributed by atoms with Gasteiger partial charge in [-0.25, -0.2) is 0 Å². The summed E-state index contributed by atoms with van der Waals surface area (Å²) in [7, 11) is 5.48. The van der Waals surface area contributed by atoms with Crippen LogP contribution in [-0.4, -0.2) is 12.8 Å². The van der Waals surface area contributed by atoms with Crippen molar-refractivity contribution in [3.05, 3.63) is 23.9 Å². The van der Waals surface area contributed by atoms with Gasteiger partial charge in [-0.3, -0.25) is 4.98 Å². The summed E-state index contributed by atoms with van der Waals surface area (Å²) in [5.74, 6) is 0. The smallest absolute Gasteiger partial charge is 0.141 e. The molecule has 2 heteroatoms. The van der Waals surface area contributed by atoms with Crippen LogP contribution in [0.15, 0.2) is 18.3 Å². The van der Waals surface area contributed by atoms with E-state index in [0.29, 0.717) is 11.0 Å². The van der Waals surface area contributed by atoms with Crippen LogP contribution in [-0.2, 0) is 6.42 Å². The average molecular weight is 159 g/mol. The predicted octanol–water partition coefficient (Wildman–Crippen LogP) is 1.46. The minimum Gasteiger partial charge on any atom is -0.273 e. The second-order valence-corrected chi connectivity index (χ2v) is 4.33. The molecule has 62 valence electrons. The Balaban J connectivity index is 2.71. The molecule has 1 rings (SSSR count). The fourth-order valence-electron chi connectivity index (χ4n) is 1.15. The molecule has 1 aromatic heterocycles. The lowest BCUT2D eigenvalue weighted by Crippen LogP contribution is -2.12. The molecule has 0 fully saturated rings. The topological polar surface area (TPSA) is 12.9 Å². The van der Waals surface area contributed by atoms with Crippen molar-refractivity contribution in [3.8, 4) is 0 Å². The lowest BCUT2D eigenvalue weighted by Gasteiger charge is -2.17. The average Bonchev–Trinajstić information content (AvgIpc) is 1.91. The van der Waals surface area contributed by atoms with Crippen LogP contribution in [0.2, 0.25) is 0 Å². The van der Waals surface area contributed by atoms with E-state index in [0.717, 1.165) is 6.42 Å². The summed E-state index contributed by atoms with van der Waals surface area (Å²) in [6.07, 6.45) is 2.89. The SMILES string of the molecule is [B]c1ccc(CC(C)(C)C)cn1. The Labute approximate surface area is 75.6 Å². The van der Waals surface area contributed by atoms with Gasteiger partial charge in [-0.05, 0) is 23.0 Å². The van der Waals surface area contributed by atoms with E-state index in [1.165, 1.54) is 5.56 Å². The van der Waals surface area contributed by atoms with Crippen molar-refractivity contribution in [2.75, 3.05) is 0 Å². The molecule has 0 atom stereocenters. The Morgan fingerprint density at radius 3 is 2.42 bits per heavy atom. The molecule has 0 N–H and O–H groups in total. The quantitative estimate of drug-likeness (QED) is 0.565. The molecule has 1 heterocycles. The molecule has 0 amide bonds. The van der Waals surface area contributed by atoms with Crippen LogP contribution in [0.5, 0.6) is 0 Å². The first-order chi connectivity index (χ1) is 5.47. The van der Waals surface area contributed by atoms with Crippen molar-refractivity contribution in [3.63, 3.8) is 0 Å². The van der Waals surface area contributed by atoms with E-state index in [1.807, 2.05) is 18.3 Å². The van der Waals surface area contributed by atoms with Crippen LogP contribution in [0, 0.1) is 5.41 Å². The van der Waals surface area contributed by atoms with Crippen molar-refractivity contribution in [2.45, 2.75) is 27.2 Å². The van der Waals surface area contributed by atoms with Gasteiger partial charge in [0.2, 0.25) is 0 Å². The number of hydrogen-bond acceptors (Lipinski definition) is 1. The fourth-order valence-corrected chi connectivity index (χ4v) is 1.15. The molecule has 0 aliphatic heterocycles. The number of pyridine rings is 1. The van der Waals surface area contributed by atoms with Gasteiger partial charge in [0.1, 0.15) is 7.85 Å². The molecule has 0 spiro atoms. The molecule has 0 aliphatic rings. The number of aromatic nitrogens is 1. The first kappa shape index (κ1) is 9.30. The van der Waals surface area contributed by atoms with Gasteiger partial charge in [-0.15, -0.1) is 0 Å². The highest BCUT2D eigenvalue weighted by Gasteiger charge is 2.10. The summed E-state index contributed by atoms with van der Waals surface area (Å²) in [6.45, 7) is 6.63. The zero-order chi connectivity index (χ0) is 9.19. The Hall–Kier alpha value is -0.785. The molecule has 0 saturated carbocycles. The zero-order valence-corrected chi connectivity index (χ0v) is 7.96. The van der Waals surface area contributed by atoms with Gasteiger partial charge in [0.25, 0.3) is 0 Å². The summed E-state index contributed by atoms with van der Waals surface area (Å²) >= 11 is 0. The highest BCUT2D eigenvalue weighted by molar-refractivity contribution is 6.30. The molecule has 0 saturated heterocycles. The van der Waals surface area contributed by atoms with E-state index in [9.17, 15) is 0 Å². The van der Waals surface area contributed by atoms with Crippen LogP contribution in [0.1, 0.15) is 26.3 Å². The normalized spacial score (nSPS) is 11.6. The van der Waals surface area contributed by atoms with Crippen molar-refractivity contribution in [1.29, 1.82) is 0 Å². The van der Waals surface area contributed by atoms with Crippen molar-refractivity contribution in [2.24, 2.45) is 5.41 Å². The molecular formula is C10H14BN. The first-order valence-corrected chi connectivity index (χ1v) is 4.18. The maximum absolute atomic E-state index is 5.48. The summed E-state index contributed by atoms with van der Waals surface area (Å²) in [4.78, 5) is 4.04. The minimum absolute atomic E-state index is 0.317. The lowest BCUT2D eigenvalue weighted by molar-refractivity contribution is 0.411. The maximum Gasteiger partial charge on any atom is 0.141 e. The van der Waals surface area contributed by atoms with Crippen molar-refractivity contribution >= 4 is 13.4 Å². The van der Waals surface area contributed by atoms with Gasteiger partial charge in [0.15, 0.2) is 0 Å². The van der Waals surface area contributed by atoms with E-state index < -0.39 is 0 Å². The molecule has 2 radical (unpaired) electrons. The van der Waals surface area contributed by atoms with Crippen molar-refractivity contribution in [1.82, 2.24) is 4.98 Å². The van der Waals surface area contributed by atoms with E-state index in [-0.39, 0.29) is 0 Å². The molecule has 1 aromatic rings. The standard InChI is InChI=1S/C10H14BN/c1-10(2,3)6-8-4-5-9(11)12-7-8/h4-5,7H,6H2,1-3H3. The predicted molar refractivity (Wildman–Crippen MR) is 52.8 cm³/mol. The van der Waals surface area contributed by atoms with E-state index in [2.05, 4.69) is 25.8 Å². The number of rotatable bonds is 1. The van der Waals surface area contributed by atoms with Crippen LogP contribution in [0.3, 0.4) is 0 Å². The molecular weight excluding hydrogens is 145 g/mol. The van der Waals surface area contributed by atoms with Gasteiger partial charge in [-0.1, -0.05) is 32.9 Å². The Kier molecular flexibility index (Phi) is 2.56. The lowest BCUT2D eigenvalue weighted by atomic mass is 9.88. The third-order valence-corrected chi connectivity index (χ3v) is 1.58. The van der Waals surface area contributed by atoms with Crippen molar-refractivity contribution < 1.29 is 0 Å². The summed E-state index contributed by atoms with van der Waals surface area (Å²) in [5.41, 5.74) is 2.15. The Bertz CT molecular complexity index is 246. The van der Waals surface area contributed by atoms with Gasteiger partial charge >= 0.3 is 0 Å². The highest BCUT2D eigenvalue weighted by Crippen LogP contribution is 2.19. The fraction of sp³-hybridized carbons (Fsp3) is 0.500. The van der Waals surface area contributed by atoms with Crippen LogP contribution in [0.4, 0.5) is 0 Å². The largest absolute Gasteiger partial charge is 0.273 e. The first-order valence-electron chi connectivity index (χ1n) is 4.18. The summed E-state index contributed by atoms with van der Waals surface area (Å²) in [6, 6.07) is 3.88. The van der Waals surface area contributed by atoms with Crippen LogP contribution >= 0.6 is 0 Å². The molecule has 1 nitrogen and oxygen atoms in total. The van der Waals surface area contributed by atoms with E-state index >= 15 is 0 Å². The summed E-state index contributed by atoms with van der Waals surface area (Å²) < 4.78 is 0. The third kappa shape index (κ3) is 3.08. The second-order valence-electron chi connectivity index (χ2n) is 4.33. The molecule has 0 aliphatic carbocycles.